The van der Waals surface area contributed by atoms with Crippen molar-refractivity contribution in [2.75, 3.05) is 32.1 Å². The Morgan fingerprint density at radius 2 is 1.79 bits per heavy atom. The number of rotatable bonds is 7. The third-order valence-corrected chi connectivity index (χ3v) is 5.15. The van der Waals surface area contributed by atoms with Crippen LogP contribution in [0.25, 0.3) is 21.9 Å². The van der Waals surface area contributed by atoms with E-state index in [4.69, 9.17) is 9.15 Å². The molecule has 1 unspecified atom stereocenters. The average Bonchev–Trinajstić information content (AvgIpc) is 3.09. The molecule has 0 fully saturated rings. The molecule has 0 saturated heterocycles. The van der Waals surface area contributed by atoms with Gasteiger partial charge >= 0.3 is 11.8 Å². The number of furan rings is 1. The van der Waals surface area contributed by atoms with Gasteiger partial charge in [-0.1, -0.05) is 32.0 Å². The van der Waals surface area contributed by atoms with Crippen molar-refractivity contribution in [1.29, 1.82) is 0 Å². The molecule has 0 aliphatic heterocycles. The standard InChI is InChI=1S/C22H27N3O4/c1-5-25(6-2)14(3)13-23-21(26)22(27)24-17-12-19-16(11-20(17)28-4)15-9-7-8-10-18(15)29-19/h7-12,14H,5-6,13H2,1-4H3,(H,23,26)(H,24,27). The number of nitrogens with zero attached hydrogens (tertiary/aromatic N) is 1. The Bertz CT molecular complexity index is 1020. The summed E-state index contributed by atoms with van der Waals surface area (Å²) in [5.41, 5.74) is 1.74. The number of anilines is 1. The van der Waals surface area contributed by atoms with Crippen LogP contribution in [0.15, 0.2) is 40.8 Å². The number of hydrogen-bond donors (Lipinski definition) is 2. The number of carbonyl (C=O) groups excluding carboxylic acids is 2. The van der Waals surface area contributed by atoms with Gasteiger partial charge in [0.25, 0.3) is 0 Å². The summed E-state index contributed by atoms with van der Waals surface area (Å²) in [4.78, 5) is 26.8. The van der Waals surface area contributed by atoms with E-state index in [9.17, 15) is 9.59 Å². The average molecular weight is 397 g/mol. The Balaban J connectivity index is 1.75. The molecule has 7 heteroatoms. The number of ether oxygens (including phenoxy) is 1. The number of amides is 2. The molecule has 0 radical (unpaired) electrons. The lowest BCUT2D eigenvalue weighted by Gasteiger charge is -2.26. The number of methoxy groups -OCH3 is 1. The maximum Gasteiger partial charge on any atom is 0.313 e. The van der Waals surface area contributed by atoms with E-state index in [0.717, 1.165) is 29.4 Å². The molecule has 29 heavy (non-hydrogen) atoms. The van der Waals surface area contributed by atoms with E-state index in [1.165, 1.54) is 7.11 Å². The third-order valence-electron chi connectivity index (χ3n) is 5.15. The van der Waals surface area contributed by atoms with Crippen LogP contribution < -0.4 is 15.4 Å². The summed E-state index contributed by atoms with van der Waals surface area (Å²) in [6.45, 7) is 8.31. The van der Waals surface area contributed by atoms with Crippen molar-refractivity contribution in [3.8, 4) is 5.75 Å². The highest BCUT2D eigenvalue weighted by atomic mass is 16.5. The molecule has 7 nitrogen and oxygen atoms in total. The lowest BCUT2D eigenvalue weighted by atomic mass is 10.1. The Hall–Kier alpha value is -3.06. The fourth-order valence-electron chi connectivity index (χ4n) is 3.49. The molecule has 2 N–H and O–H groups in total. The van der Waals surface area contributed by atoms with E-state index in [1.807, 2.05) is 31.2 Å². The van der Waals surface area contributed by atoms with Crippen LogP contribution >= 0.6 is 0 Å². The van der Waals surface area contributed by atoms with Gasteiger partial charge in [-0.05, 0) is 32.1 Å². The smallest absolute Gasteiger partial charge is 0.313 e. The minimum Gasteiger partial charge on any atom is -0.495 e. The fraction of sp³-hybridized carbons (Fsp3) is 0.364. The topological polar surface area (TPSA) is 83.8 Å². The quantitative estimate of drug-likeness (QED) is 0.597. The normalized spacial score (nSPS) is 12.3. The molecule has 1 aromatic heterocycles. The zero-order chi connectivity index (χ0) is 21.0. The summed E-state index contributed by atoms with van der Waals surface area (Å²) in [5.74, 6) is -0.969. The Labute approximate surface area is 170 Å². The summed E-state index contributed by atoms with van der Waals surface area (Å²) in [5, 5.41) is 7.16. The maximum atomic E-state index is 12.4. The summed E-state index contributed by atoms with van der Waals surface area (Å²) < 4.78 is 11.3. The molecule has 3 rings (SSSR count). The van der Waals surface area contributed by atoms with Gasteiger partial charge < -0.3 is 19.8 Å². The molecule has 3 aromatic rings. The first-order valence-corrected chi connectivity index (χ1v) is 9.80. The van der Waals surface area contributed by atoms with E-state index >= 15 is 0 Å². The van der Waals surface area contributed by atoms with Crippen molar-refractivity contribution < 1.29 is 18.7 Å². The van der Waals surface area contributed by atoms with Crippen molar-refractivity contribution in [2.24, 2.45) is 0 Å². The lowest BCUT2D eigenvalue weighted by molar-refractivity contribution is -0.136. The number of para-hydroxylation sites is 1. The Kier molecular flexibility index (Phi) is 6.39. The highest BCUT2D eigenvalue weighted by molar-refractivity contribution is 6.39. The largest absolute Gasteiger partial charge is 0.495 e. The van der Waals surface area contributed by atoms with Crippen LogP contribution in [0.2, 0.25) is 0 Å². The zero-order valence-electron chi connectivity index (χ0n) is 17.2. The second-order valence-electron chi connectivity index (χ2n) is 6.88. The number of fused-ring (bicyclic) bond motifs is 3. The van der Waals surface area contributed by atoms with Crippen molar-refractivity contribution in [3.63, 3.8) is 0 Å². The highest BCUT2D eigenvalue weighted by Gasteiger charge is 2.19. The molecule has 0 aliphatic rings. The SMILES string of the molecule is CCN(CC)C(C)CNC(=O)C(=O)Nc1cc2oc3ccccc3c2cc1OC. The van der Waals surface area contributed by atoms with Crippen LogP contribution in [0.3, 0.4) is 0 Å². The van der Waals surface area contributed by atoms with Crippen LogP contribution in [0.5, 0.6) is 5.75 Å². The molecule has 0 spiro atoms. The second kappa shape index (κ2) is 8.96. The molecule has 0 bridgehead atoms. The van der Waals surface area contributed by atoms with Gasteiger partial charge in [-0.2, -0.15) is 0 Å². The summed E-state index contributed by atoms with van der Waals surface area (Å²) in [7, 11) is 1.52. The van der Waals surface area contributed by atoms with Gasteiger partial charge in [0.15, 0.2) is 0 Å². The van der Waals surface area contributed by atoms with Gasteiger partial charge in [-0.3, -0.25) is 14.5 Å². The van der Waals surface area contributed by atoms with Gasteiger partial charge in [0.05, 0.1) is 12.8 Å². The van der Waals surface area contributed by atoms with Crippen LogP contribution in [-0.2, 0) is 9.59 Å². The Morgan fingerprint density at radius 1 is 1.07 bits per heavy atom. The lowest BCUT2D eigenvalue weighted by Crippen LogP contribution is -2.45. The summed E-state index contributed by atoms with van der Waals surface area (Å²) >= 11 is 0. The monoisotopic (exact) mass is 397 g/mol. The molecule has 0 aliphatic carbocycles. The van der Waals surface area contributed by atoms with E-state index < -0.39 is 11.8 Å². The van der Waals surface area contributed by atoms with Crippen molar-refractivity contribution in [3.05, 3.63) is 36.4 Å². The first-order valence-electron chi connectivity index (χ1n) is 9.80. The molecule has 1 heterocycles. The molecule has 154 valence electrons. The molecular formula is C22H27N3O4. The minimum absolute atomic E-state index is 0.142. The molecule has 1 atom stereocenters. The van der Waals surface area contributed by atoms with Gasteiger partial charge in [-0.25, -0.2) is 0 Å². The first-order chi connectivity index (χ1) is 14.0. The molecule has 2 aromatic carbocycles. The Morgan fingerprint density at radius 3 is 2.48 bits per heavy atom. The maximum absolute atomic E-state index is 12.4. The molecular weight excluding hydrogens is 370 g/mol. The van der Waals surface area contributed by atoms with E-state index in [0.29, 0.717) is 23.6 Å². The zero-order valence-corrected chi connectivity index (χ0v) is 17.2. The van der Waals surface area contributed by atoms with E-state index in [2.05, 4.69) is 29.4 Å². The molecule has 0 saturated carbocycles. The third kappa shape index (κ3) is 4.35. The summed E-state index contributed by atoms with van der Waals surface area (Å²) in [6.07, 6.45) is 0. The van der Waals surface area contributed by atoms with Gasteiger partial charge in [0.2, 0.25) is 0 Å². The fourth-order valence-corrected chi connectivity index (χ4v) is 3.49. The van der Waals surface area contributed by atoms with Crippen LogP contribution in [0.4, 0.5) is 5.69 Å². The van der Waals surface area contributed by atoms with Gasteiger partial charge in [0.1, 0.15) is 16.9 Å². The number of hydrogen-bond acceptors (Lipinski definition) is 5. The van der Waals surface area contributed by atoms with Crippen molar-refractivity contribution in [2.45, 2.75) is 26.8 Å². The van der Waals surface area contributed by atoms with Gasteiger partial charge in [-0.15, -0.1) is 0 Å². The summed E-state index contributed by atoms with van der Waals surface area (Å²) in [6, 6.07) is 11.3. The first kappa shape index (κ1) is 20.7. The number of carbonyl (C=O) groups is 2. The van der Waals surface area contributed by atoms with E-state index in [1.54, 1.807) is 12.1 Å². The number of benzene rings is 2. The van der Waals surface area contributed by atoms with Crippen LogP contribution in [0.1, 0.15) is 20.8 Å². The number of likely N-dealkylation sites (N-methyl/N-ethyl adjacent to an activating group) is 1. The van der Waals surface area contributed by atoms with Gasteiger partial charge in [0, 0.05) is 29.4 Å². The molecule has 2 amide bonds. The predicted octanol–water partition coefficient (Wildman–Crippen LogP) is 3.38. The predicted molar refractivity (Wildman–Crippen MR) is 114 cm³/mol. The second-order valence-corrected chi connectivity index (χ2v) is 6.88. The van der Waals surface area contributed by atoms with Crippen LogP contribution in [-0.4, -0.2) is 49.5 Å². The number of nitrogens with one attached hydrogen (secondary N) is 2. The van der Waals surface area contributed by atoms with Crippen LogP contribution in [0, 0.1) is 0 Å². The highest BCUT2D eigenvalue weighted by Crippen LogP contribution is 2.36. The minimum atomic E-state index is -0.745. The van der Waals surface area contributed by atoms with Crippen molar-refractivity contribution in [1.82, 2.24) is 10.2 Å². The van der Waals surface area contributed by atoms with E-state index in [-0.39, 0.29) is 6.04 Å². The van der Waals surface area contributed by atoms with Crippen molar-refractivity contribution >= 4 is 39.4 Å².